The highest BCUT2D eigenvalue weighted by molar-refractivity contribution is 5.98. The average Bonchev–Trinajstić information content (AvgIpc) is 2.94. The molecule has 0 aromatic carbocycles. The van der Waals surface area contributed by atoms with E-state index in [0.717, 1.165) is 6.42 Å². The minimum Gasteiger partial charge on any atom is -0.336 e. The van der Waals surface area contributed by atoms with Gasteiger partial charge in [-0.3, -0.25) is 9.59 Å². The van der Waals surface area contributed by atoms with E-state index in [1.165, 1.54) is 4.52 Å². The molecule has 8 nitrogen and oxygen atoms in total. The number of carbonyl (C=O) groups excluding carboxylic acids is 1. The number of aryl methyl sites for hydroxylation is 1. The predicted octanol–water partition coefficient (Wildman–Crippen LogP) is -1.10. The zero-order chi connectivity index (χ0) is 13.6. The van der Waals surface area contributed by atoms with Crippen molar-refractivity contribution in [3.63, 3.8) is 0 Å². The van der Waals surface area contributed by atoms with Crippen LogP contribution in [0.3, 0.4) is 0 Å². The fourth-order valence-corrected chi connectivity index (χ4v) is 2.32. The molecule has 1 aliphatic heterocycles. The van der Waals surface area contributed by atoms with Crippen molar-refractivity contribution in [1.82, 2.24) is 24.7 Å². The number of nitrogens with one attached hydrogen (secondary N) is 1. The summed E-state index contributed by atoms with van der Waals surface area (Å²) in [4.78, 5) is 28.5. The lowest BCUT2D eigenvalue weighted by Crippen LogP contribution is -2.32. The molecule has 2 aromatic heterocycles. The summed E-state index contributed by atoms with van der Waals surface area (Å²) < 4.78 is 1.33. The third kappa shape index (κ3) is 1.89. The van der Waals surface area contributed by atoms with Crippen LogP contribution in [0.4, 0.5) is 0 Å². The van der Waals surface area contributed by atoms with E-state index in [9.17, 15) is 9.59 Å². The quantitative estimate of drug-likeness (QED) is 0.678. The molecule has 1 aliphatic rings. The predicted molar refractivity (Wildman–Crippen MR) is 66.8 cm³/mol. The van der Waals surface area contributed by atoms with Gasteiger partial charge in [0.2, 0.25) is 0 Å². The Balaban J connectivity index is 2.06. The summed E-state index contributed by atoms with van der Waals surface area (Å²) in [5, 5.41) is 7.65. The van der Waals surface area contributed by atoms with E-state index in [-0.39, 0.29) is 28.7 Å². The highest BCUT2D eigenvalue weighted by Crippen LogP contribution is 2.13. The molecule has 0 saturated carbocycles. The Hall–Kier alpha value is -2.22. The van der Waals surface area contributed by atoms with Crippen molar-refractivity contribution in [2.75, 3.05) is 13.1 Å². The van der Waals surface area contributed by atoms with Crippen LogP contribution < -0.4 is 11.3 Å². The van der Waals surface area contributed by atoms with Crippen LogP contribution in [0.25, 0.3) is 5.52 Å². The second-order valence-corrected chi connectivity index (χ2v) is 4.80. The fraction of sp³-hybridized carbons (Fsp3) is 0.455. The van der Waals surface area contributed by atoms with Gasteiger partial charge in [0.1, 0.15) is 0 Å². The van der Waals surface area contributed by atoms with Gasteiger partial charge in [-0.05, 0) is 13.3 Å². The van der Waals surface area contributed by atoms with Crippen LogP contribution in [0.5, 0.6) is 0 Å². The zero-order valence-electron chi connectivity index (χ0n) is 10.5. The van der Waals surface area contributed by atoms with Crippen molar-refractivity contribution in [2.24, 2.45) is 5.73 Å². The Labute approximate surface area is 108 Å². The lowest BCUT2D eigenvalue weighted by Gasteiger charge is -2.13. The Kier molecular flexibility index (Phi) is 2.59. The zero-order valence-corrected chi connectivity index (χ0v) is 10.5. The SMILES string of the molecule is Cc1cn2nnc(C(=O)N3CC[C@@H](N)C3)c2c(=O)[nH]1. The van der Waals surface area contributed by atoms with Crippen molar-refractivity contribution in [3.05, 3.63) is 27.9 Å². The second-order valence-electron chi connectivity index (χ2n) is 4.80. The van der Waals surface area contributed by atoms with Gasteiger partial charge in [0.15, 0.2) is 11.2 Å². The molecule has 2 aromatic rings. The summed E-state index contributed by atoms with van der Waals surface area (Å²) in [7, 11) is 0. The van der Waals surface area contributed by atoms with Crippen LogP contribution in [-0.4, -0.2) is 49.7 Å². The number of hydrogen-bond donors (Lipinski definition) is 2. The average molecular weight is 262 g/mol. The maximum Gasteiger partial charge on any atom is 0.276 e. The van der Waals surface area contributed by atoms with E-state index in [0.29, 0.717) is 18.8 Å². The van der Waals surface area contributed by atoms with Crippen LogP contribution in [0.15, 0.2) is 11.0 Å². The molecule has 19 heavy (non-hydrogen) atoms. The van der Waals surface area contributed by atoms with Crippen molar-refractivity contribution in [2.45, 2.75) is 19.4 Å². The van der Waals surface area contributed by atoms with Crippen molar-refractivity contribution in [3.8, 4) is 0 Å². The van der Waals surface area contributed by atoms with Crippen molar-refractivity contribution in [1.29, 1.82) is 0 Å². The lowest BCUT2D eigenvalue weighted by atomic mass is 10.3. The van der Waals surface area contributed by atoms with E-state index in [4.69, 9.17) is 5.73 Å². The number of nitrogens with zero attached hydrogens (tertiary/aromatic N) is 4. The van der Waals surface area contributed by atoms with Crippen molar-refractivity contribution >= 4 is 11.4 Å². The van der Waals surface area contributed by atoms with Gasteiger partial charge >= 0.3 is 0 Å². The molecule has 1 atom stereocenters. The number of aromatic amines is 1. The van der Waals surface area contributed by atoms with Crippen LogP contribution in [0, 0.1) is 6.92 Å². The van der Waals surface area contributed by atoms with Gasteiger partial charge in [0.05, 0.1) is 6.20 Å². The molecule has 0 unspecified atom stereocenters. The van der Waals surface area contributed by atoms with Gasteiger partial charge in [-0.25, -0.2) is 4.52 Å². The van der Waals surface area contributed by atoms with Crippen LogP contribution in [-0.2, 0) is 0 Å². The highest BCUT2D eigenvalue weighted by Gasteiger charge is 2.28. The van der Waals surface area contributed by atoms with Crippen LogP contribution >= 0.6 is 0 Å². The topological polar surface area (TPSA) is 109 Å². The number of likely N-dealkylation sites (tertiary alicyclic amines) is 1. The molecular weight excluding hydrogens is 248 g/mol. The minimum atomic E-state index is -0.364. The third-order valence-corrected chi connectivity index (χ3v) is 3.25. The van der Waals surface area contributed by atoms with E-state index in [2.05, 4.69) is 15.3 Å². The lowest BCUT2D eigenvalue weighted by molar-refractivity contribution is 0.0787. The maximum absolute atomic E-state index is 12.3. The van der Waals surface area contributed by atoms with Gasteiger partial charge in [-0.2, -0.15) is 0 Å². The molecule has 0 aliphatic carbocycles. The van der Waals surface area contributed by atoms with E-state index >= 15 is 0 Å². The summed E-state index contributed by atoms with van der Waals surface area (Å²) in [6.45, 7) is 2.81. The number of aromatic nitrogens is 4. The first-order chi connectivity index (χ1) is 9.06. The first-order valence-corrected chi connectivity index (χ1v) is 6.06. The number of fused-ring (bicyclic) bond motifs is 1. The summed E-state index contributed by atoms with van der Waals surface area (Å²) in [5.74, 6) is -0.294. The molecule has 1 fully saturated rings. The standard InChI is InChI=1S/C11H14N6O2/c1-6-4-17-9(10(18)13-6)8(14-15-17)11(19)16-3-2-7(12)5-16/h4,7H,2-3,5,12H2,1H3,(H,13,18)/t7-/m1/s1. The van der Waals surface area contributed by atoms with Gasteiger partial charge in [0.25, 0.3) is 11.5 Å². The van der Waals surface area contributed by atoms with Crippen LogP contribution in [0.2, 0.25) is 0 Å². The number of rotatable bonds is 1. The number of nitrogens with two attached hydrogens (primary N) is 1. The molecule has 0 spiro atoms. The van der Waals surface area contributed by atoms with Gasteiger partial charge in [0, 0.05) is 24.8 Å². The molecule has 3 rings (SSSR count). The maximum atomic E-state index is 12.3. The molecule has 3 heterocycles. The molecule has 0 bridgehead atoms. The largest absolute Gasteiger partial charge is 0.336 e. The Morgan fingerprint density at radius 1 is 1.58 bits per heavy atom. The number of carbonyl (C=O) groups is 1. The first kappa shape index (κ1) is 11.8. The summed E-state index contributed by atoms with van der Waals surface area (Å²) >= 11 is 0. The molecule has 0 radical (unpaired) electrons. The molecule has 100 valence electrons. The minimum absolute atomic E-state index is 0.00804. The molecule has 1 saturated heterocycles. The van der Waals surface area contributed by atoms with Gasteiger partial charge in [-0.1, -0.05) is 5.21 Å². The fourth-order valence-electron chi connectivity index (χ4n) is 2.32. The van der Waals surface area contributed by atoms with E-state index in [1.807, 2.05) is 0 Å². The van der Waals surface area contributed by atoms with E-state index < -0.39 is 0 Å². The Bertz CT molecular complexity index is 703. The van der Waals surface area contributed by atoms with Crippen molar-refractivity contribution < 1.29 is 4.79 Å². The Morgan fingerprint density at radius 2 is 2.37 bits per heavy atom. The Morgan fingerprint density at radius 3 is 3.05 bits per heavy atom. The number of H-pyrrole nitrogens is 1. The van der Waals surface area contributed by atoms with Gasteiger partial charge < -0.3 is 15.6 Å². The smallest absolute Gasteiger partial charge is 0.276 e. The van der Waals surface area contributed by atoms with Gasteiger partial charge in [-0.15, -0.1) is 5.10 Å². The normalized spacial score (nSPS) is 19.3. The molecule has 3 N–H and O–H groups in total. The third-order valence-electron chi connectivity index (χ3n) is 3.25. The first-order valence-electron chi connectivity index (χ1n) is 6.06. The summed E-state index contributed by atoms with van der Waals surface area (Å²) in [6, 6.07) is -0.00804. The second kappa shape index (κ2) is 4.16. The van der Waals surface area contributed by atoms with E-state index in [1.54, 1.807) is 18.0 Å². The molecule has 1 amide bonds. The summed E-state index contributed by atoms with van der Waals surface area (Å²) in [6.07, 6.45) is 2.39. The number of amides is 1. The molecule has 8 heteroatoms. The molecular formula is C11H14N6O2. The number of hydrogen-bond acceptors (Lipinski definition) is 5. The van der Waals surface area contributed by atoms with Crippen LogP contribution in [0.1, 0.15) is 22.6 Å². The monoisotopic (exact) mass is 262 g/mol. The highest BCUT2D eigenvalue weighted by atomic mass is 16.2. The summed E-state index contributed by atoms with van der Waals surface area (Å²) in [5.41, 5.74) is 6.32.